The zero-order chi connectivity index (χ0) is 16.6. The highest BCUT2D eigenvalue weighted by Crippen LogP contribution is 2.46. The molecule has 0 radical (unpaired) electrons. The minimum Gasteiger partial charge on any atom is -0.508 e. The van der Waals surface area contributed by atoms with E-state index in [2.05, 4.69) is 6.92 Å². The normalized spacial score (nSPS) is 34.4. The quantitative estimate of drug-likeness (QED) is 0.742. The molecule has 2 aliphatic rings. The van der Waals surface area contributed by atoms with Crippen molar-refractivity contribution in [3.05, 3.63) is 29.3 Å². The maximum absolute atomic E-state index is 11.5. The highest BCUT2D eigenvalue weighted by molar-refractivity contribution is 5.70. The van der Waals surface area contributed by atoms with Gasteiger partial charge in [0, 0.05) is 0 Å². The molecule has 1 aromatic rings. The Kier molecular flexibility index (Phi) is 4.62. The highest BCUT2D eigenvalue weighted by atomic mass is 16.4. The number of aliphatic hydroxyl groups is 1. The molecule has 0 amide bonds. The lowest BCUT2D eigenvalue weighted by molar-refractivity contribution is -0.146. The van der Waals surface area contributed by atoms with Crippen molar-refractivity contribution >= 4 is 5.97 Å². The molecular formula is C19H26O4. The lowest BCUT2D eigenvalue weighted by Crippen LogP contribution is -2.32. The Labute approximate surface area is 137 Å². The van der Waals surface area contributed by atoms with E-state index in [1.807, 2.05) is 12.1 Å². The fourth-order valence-electron chi connectivity index (χ4n) is 4.72. The number of aliphatic hydroxyl groups excluding tert-OH is 1. The molecule has 3 rings (SSSR count). The van der Waals surface area contributed by atoms with Gasteiger partial charge in [0.25, 0.3) is 0 Å². The predicted octanol–water partition coefficient (Wildman–Crippen LogP) is 3.31. The van der Waals surface area contributed by atoms with Crippen molar-refractivity contribution < 1.29 is 20.1 Å². The summed E-state index contributed by atoms with van der Waals surface area (Å²) in [4.78, 5) is 11.5. The van der Waals surface area contributed by atoms with E-state index < -0.39 is 18.0 Å². The van der Waals surface area contributed by atoms with Gasteiger partial charge in [0.1, 0.15) is 5.75 Å². The van der Waals surface area contributed by atoms with Crippen LogP contribution in [0.5, 0.6) is 5.75 Å². The molecule has 126 valence electrons. The third-order valence-corrected chi connectivity index (χ3v) is 5.94. The van der Waals surface area contributed by atoms with Crippen LogP contribution in [0, 0.1) is 17.8 Å². The number of benzene rings is 1. The predicted molar refractivity (Wildman–Crippen MR) is 87.4 cm³/mol. The van der Waals surface area contributed by atoms with Crippen molar-refractivity contribution in [1.82, 2.24) is 0 Å². The van der Waals surface area contributed by atoms with E-state index in [0.717, 1.165) is 25.7 Å². The zero-order valence-electron chi connectivity index (χ0n) is 13.6. The van der Waals surface area contributed by atoms with Gasteiger partial charge in [-0.3, -0.25) is 4.79 Å². The molecule has 0 aliphatic heterocycles. The summed E-state index contributed by atoms with van der Waals surface area (Å²) in [6.45, 7) is 2.14. The van der Waals surface area contributed by atoms with Gasteiger partial charge in [-0.25, -0.2) is 0 Å². The van der Waals surface area contributed by atoms with Crippen LogP contribution in [0.2, 0.25) is 0 Å². The first kappa shape index (κ1) is 16.3. The van der Waals surface area contributed by atoms with Gasteiger partial charge in [0.05, 0.1) is 12.0 Å². The molecule has 0 unspecified atom stereocenters. The van der Waals surface area contributed by atoms with E-state index >= 15 is 0 Å². The average Bonchev–Trinajstić information content (AvgIpc) is 2.56. The van der Waals surface area contributed by atoms with Crippen LogP contribution in [0.3, 0.4) is 0 Å². The van der Waals surface area contributed by atoms with Crippen molar-refractivity contribution in [2.45, 2.75) is 57.5 Å². The first-order valence-electron chi connectivity index (χ1n) is 8.70. The summed E-state index contributed by atoms with van der Waals surface area (Å²) in [5.74, 6) is -0.0577. The Morgan fingerprint density at radius 1 is 1.22 bits per heavy atom. The first-order valence-corrected chi connectivity index (χ1v) is 8.70. The summed E-state index contributed by atoms with van der Waals surface area (Å²) in [6, 6.07) is 5.67. The number of rotatable bonds is 1. The van der Waals surface area contributed by atoms with Crippen molar-refractivity contribution in [2.75, 3.05) is 0 Å². The monoisotopic (exact) mass is 318 g/mol. The number of phenols is 1. The molecule has 3 N–H and O–H groups in total. The van der Waals surface area contributed by atoms with Gasteiger partial charge < -0.3 is 15.3 Å². The first-order chi connectivity index (χ1) is 11.0. The Morgan fingerprint density at radius 3 is 2.74 bits per heavy atom. The second-order valence-corrected chi connectivity index (χ2v) is 7.35. The molecule has 0 saturated heterocycles. The van der Waals surface area contributed by atoms with Crippen LogP contribution in [-0.4, -0.2) is 27.4 Å². The summed E-state index contributed by atoms with van der Waals surface area (Å²) in [5.41, 5.74) is 2.54. The molecule has 23 heavy (non-hydrogen) atoms. The minimum atomic E-state index is -0.871. The smallest absolute Gasteiger partial charge is 0.309 e. The molecule has 4 nitrogen and oxygen atoms in total. The van der Waals surface area contributed by atoms with Crippen LogP contribution in [0.25, 0.3) is 0 Å². The lowest BCUT2D eigenvalue weighted by atomic mass is 9.67. The Balaban J connectivity index is 1.90. The molecule has 1 fully saturated rings. The molecule has 0 bridgehead atoms. The maximum atomic E-state index is 11.5. The number of aromatic hydroxyl groups is 1. The molecule has 0 heterocycles. The van der Waals surface area contributed by atoms with Gasteiger partial charge >= 0.3 is 5.97 Å². The number of phenolic OH excluding ortho intramolecular Hbond substituents is 1. The van der Waals surface area contributed by atoms with E-state index in [4.69, 9.17) is 0 Å². The number of hydrogen-bond donors (Lipinski definition) is 3. The van der Waals surface area contributed by atoms with E-state index in [1.165, 1.54) is 11.1 Å². The number of aryl methyl sites for hydroxylation is 1. The zero-order valence-corrected chi connectivity index (χ0v) is 13.6. The van der Waals surface area contributed by atoms with Crippen LogP contribution in [-0.2, 0) is 11.2 Å². The molecule has 4 heteroatoms. The van der Waals surface area contributed by atoms with E-state index in [-0.39, 0.29) is 5.92 Å². The topological polar surface area (TPSA) is 77.8 Å². The van der Waals surface area contributed by atoms with Crippen LogP contribution in [0.4, 0.5) is 0 Å². The number of aliphatic carboxylic acids is 1. The summed E-state index contributed by atoms with van der Waals surface area (Å²) in [5, 5.41) is 29.4. The van der Waals surface area contributed by atoms with Gasteiger partial charge in [0.15, 0.2) is 0 Å². The number of hydrogen-bond acceptors (Lipinski definition) is 3. The van der Waals surface area contributed by atoms with Crippen LogP contribution >= 0.6 is 0 Å². The maximum Gasteiger partial charge on any atom is 0.309 e. The molecule has 2 aliphatic carbocycles. The molecule has 5 atom stereocenters. The van der Waals surface area contributed by atoms with Crippen LogP contribution in [0.1, 0.15) is 56.1 Å². The van der Waals surface area contributed by atoms with Crippen molar-refractivity contribution in [1.29, 1.82) is 0 Å². The van der Waals surface area contributed by atoms with Gasteiger partial charge in [-0.05, 0) is 73.1 Å². The van der Waals surface area contributed by atoms with Gasteiger partial charge in [-0.1, -0.05) is 19.4 Å². The standard InChI is InChI=1S/C19H26O4/c1-11-9-17(19(22)23)18(21)4-2-3-16-14(11)7-5-12-10-13(20)6-8-15(12)16/h6,8,10-11,14,16-18,20-21H,2-5,7,9H2,1H3,(H,22,23)/t11-,14-,16-,17-,18+/m0/s1. The average molecular weight is 318 g/mol. The van der Waals surface area contributed by atoms with Gasteiger partial charge in [-0.2, -0.15) is 0 Å². The molecular weight excluding hydrogens is 292 g/mol. The SMILES string of the molecule is C[C@H]1C[C@H](C(=O)O)[C@H](O)CCC[C@@H]2c3ccc(O)cc3CC[C@H]21. The summed E-state index contributed by atoms with van der Waals surface area (Å²) < 4.78 is 0. The number of carboxylic acid groups (broad SMARTS) is 1. The number of fused-ring (bicyclic) bond motifs is 3. The molecule has 1 aromatic carbocycles. The van der Waals surface area contributed by atoms with Crippen LogP contribution in [0.15, 0.2) is 18.2 Å². The van der Waals surface area contributed by atoms with E-state index in [1.54, 1.807) is 6.07 Å². The Bertz CT molecular complexity index is 583. The second kappa shape index (κ2) is 6.52. The van der Waals surface area contributed by atoms with Crippen molar-refractivity contribution in [2.24, 2.45) is 17.8 Å². The minimum absolute atomic E-state index is 0.274. The highest BCUT2D eigenvalue weighted by Gasteiger charge is 2.38. The Morgan fingerprint density at radius 2 is 2.00 bits per heavy atom. The molecule has 0 aromatic heterocycles. The van der Waals surface area contributed by atoms with E-state index in [0.29, 0.717) is 30.4 Å². The van der Waals surface area contributed by atoms with Crippen molar-refractivity contribution in [3.63, 3.8) is 0 Å². The summed E-state index contributed by atoms with van der Waals surface area (Å²) in [6.07, 6.45) is 4.16. The molecule has 1 saturated carbocycles. The third-order valence-electron chi connectivity index (χ3n) is 5.94. The largest absolute Gasteiger partial charge is 0.508 e. The molecule has 0 spiro atoms. The van der Waals surface area contributed by atoms with Crippen LogP contribution < -0.4 is 0 Å². The summed E-state index contributed by atoms with van der Waals surface area (Å²) in [7, 11) is 0. The third kappa shape index (κ3) is 3.23. The summed E-state index contributed by atoms with van der Waals surface area (Å²) >= 11 is 0. The number of carbonyl (C=O) groups is 1. The van der Waals surface area contributed by atoms with Crippen molar-refractivity contribution in [3.8, 4) is 5.75 Å². The second-order valence-electron chi connectivity index (χ2n) is 7.35. The van der Waals surface area contributed by atoms with Gasteiger partial charge in [0.2, 0.25) is 0 Å². The van der Waals surface area contributed by atoms with E-state index in [9.17, 15) is 20.1 Å². The fourth-order valence-corrected chi connectivity index (χ4v) is 4.72. The Hall–Kier alpha value is -1.55. The number of carboxylic acids is 1. The van der Waals surface area contributed by atoms with Gasteiger partial charge in [-0.15, -0.1) is 0 Å². The fraction of sp³-hybridized carbons (Fsp3) is 0.632. The lowest BCUT2D eigenvalue weighted by Gasteiger charge is -2.37.